The first kappa shape index (κ1) is 18.3. The van der Waals surface area contributed by atoms with E-state index < -0.39 is 29.4 Å². The van der Waals surface area contributed by atoms with Crippen LogP contribution in [-0.2, 0) is 4.79 Å². The molecule has 1 aromatic heterocycles. The molecule has 5 nitrogen and oxygen atoms in total. The minimum atomic E-state index is -1.19. The molecule has 0 radical (unpaired) electrons. The number of aliphatic hydroxyl groups is 1. The Bertz CT molecular complexity index is 809. The molecule has 0 bridgehead atoms. The molecule has 1 heterocycles. The van der Waals surface area contributed by atoms with Gasteiger partial charge in [-0.3, -0.25) is 10.1 Å². The third-order valence-electron chi connectivity index (χ3n) is 6.56. The lowest BCUT2D eigenvalue weighted by molar-refractivity contribution is -0.540. The van der Waals surface area contributed by atoms with E-state index in [1.54, 1.807) is 0 Å². The number of fused-ring (bicyclic) bond motifs is 1. The van der Waals surface area contributed by atoms with Crippen molar-refractivity contribution < 1.29 is 14.8 Å². The van der Waals surface area contributed by atoms with Crippen LogP contribution in [0.15, 0.2) is 47.8 Å². The Morgan fingerprint density at radius 3 is 2.56 bits per heavy atom. The minimum Gasteiger partial charge on any atom is -0.389 e. The van der Waals surface area contributed by atoms with Gasteiger partial charge >= 0.3 is 0 Å². The zero-order chi connectivity index (χ0) is 19.0. The van der Waals surface area contributed by atoms with Gasteiger partial charge in [-0.2, -0.15) is 0 Å². The van der Waals surface area contributed by atoms with E-state index in [0.29, 0.717) is 12.8 Å². The zero-order valence-electron chi connectivity index (χ0n) is 14.9. The predicted octanol–water partition coefficient (Wildman–Crippen LogP) is 4.01. The Labute approximate surface area is 162 Å². The van der Waals surface area contributed by atoms with Gasteiger partial charge in [0.1, 0.15) is 6.29 Å². The molecular formula is C21H23NO4S. The molecule has 1 aromatic carbocycles. The first-order valence-corrected chi connectivity index (χ1v) is 10.4. The van der Waals surface area contributed by atoms with Gasteiger partial charge in [-0.05, 0) is 29.9 Å². The van der Waals surface area contributed by atoms with E-state index >= 15 is 0 Å². The molecule has 1 N–H and O–H groups in total. The molecule has 4 rings (SSSR count). The van der Waals surface area contributed by atoms with E-state index in [2.05, 4.69) is 0 Å². The number of benzene rings is 1. The number of carbonyl (C=O) groups excluding carboxylic acids is 1. The first-order valence-electron chi connectivity index (χ1n) is 9.47. The number of hydrogen-bond donors (Lipinski definition) is 1. The summed E-state index contributed by atoms with van der Waals surface area (Å²) in [6.45, 7) is 0. The number of aldehydes is 1. The van der Waals surface area contributed by atoms with Gasteiger partial charge in [-0.1, -0.05) is 49.2 Å². The molecule has 6 atom stereocenters. The summed E-state index contributed by atoms with van der Waals surface area (Å²) < 4.78 is 0. The van der Waals surface area contributed by atoms with Crippen LogP contribution < -0.4 is 0 Å². The van der Waals surface area contributed by atoms with Crippen molar-refractivity contribution in [3.63, 3.8) is 0 Å². The summed E-state index contributed by atoms with van der Waals surface area (Å²) in [5.74, 6) is -2.05. The van der Waals surface area contributed by atoms with Crippen LogP contribution in [0.1, 0.15) is 48.0 Å². The van der Waals surface area contributed by atoms with Crippen molar-refractivity contribution in [3.8, 4) is 0 Å². The number of rotatable bonds is 4. The topological polar surface area (TPSA) is 80.4 Å². The molecule has 6 heteroatoms. The summed E-state index contributed by atoms with van der Waals surface area (Å²) in [6.07, 6.45) is 3.79. The highest BCUT2D eigenvalue weighted by atomic mass is 32.1. The molecule has 2 saturated carbocycles. The van der Waals surface area contributed by atoms with Gasteiger partial charge in [0.15, 0.2) is 0 Å². The summed E-state index contributed by atoms with van der Waals surface area (Å²) in [5, 5.41) is 25.9. The molecular weight excluding hydrogens is 362 g/mol. The molecule has 2 aromatic rings. The summed E-state index contributed by atoms with van der Waals surface area (Å²) in [5.41, 5.74) is -0.308. The second-order valence-electron chi connectivity index (χ2n) is 7.76. The van der Waals surface area contributed by atoms with Gasteiger partial charge in [0.2, 0.25) is 6.04 Å². The van der Waals surface area contributed by atoms with Crippen LogP contribution >= 0.6 is 11.3 Å². The van der Waals surface area contributed by atoms with Crippen molar-refractivity contribution in [3.05, 3.63) is 68.4 Å². The van der Waals surface area contributed by atoms with E-state index in [9.17, 15) is 20.0 Å². The summed E-state index contributed by atoms with van der Waals surface area (Å²) in [7, 11) is 0. The number of nitrogens with zero attached hydrogens (tertiary/aromatic N) is 1. The highest BCUT2D eigenvalue weighted by molar-refractivity contribution is 7.10. The smallest absolute Gasteiger partial charge is 0.228 e. The van der Waals surface area contributed by atoms with E-state index in [0.717, 1.165) is 29.6 Å². The Balaban J connectivity index is 1.92. The molecule has 2 fully saturated rings. The van der Waals surface area contributed by atoms with Crippen LogP contribution in [0.5, 0.6) is 0 Å². The van der Waals surface area contributed by atoms with Crippen molar-refractivity contribution >= 4 is 17.6 Å². The number of nitro groups is 1. The maximum Gasteiger partial charge on any atom is 0.228 e. The quantitative estimate of drug-likeness (QED) is 0.490. The predicted molar refractivity (Wildman–Crippen MR) is 103 cm³/mol. The Hall–Kier alpha value is -2.05. The normalized spacial score (nSPS) is 36.0. The average Bonchev–Trinajstić information content (AvgIpc) is 3.20. The second-order valence-corrected chi connectivity index (χ2v) is 8.74. The number of thiophene rings is 1. The standard InChI is InChI=1S/C21H23NO4S/c23-13-16-19(17-10-6-12-27-17)20(22(25)26)18(14-7-2-1-3-8-14)15-9-4-5-11-21(15,16)24/h1-3,6-8,10,12-13,15-16,18-20,24H,4-5,9,11H2/t15-,16+,18-,19-,20+,21-/m0/s1. The lowest BCUT2D eigenvalue weighted by atomic mass is 9.52. The Morgan fingerprint density at radius 2 is 1.93 bits per heavy atom. The molecule has 2 aliphatic carbocycles. The highest BCUT2D eigenvalue weighted by Gasteiger charge is 2.63. The fourth-order valence-corrected chi connectivity index (χ4v) is 6.41. The zero-order valence-corrected chi connectivity index (χ0v) is 15.8. The molecule has 142 valence electrons. The Kier molecular flexibility index (Phi) is 4.86. The van der Waals surface area contributed by atoms with Crippen molar-refractivity contribution in [1.82, 2.24) is 0 Å². The first-order chi connectivity index (χ1) is 13.1. The molecule has 2 aliphatic rings. The van der Waals surface area contributed by atoms with Crippen molar-refractivity contribution in [2.45, 2.75) is 49.2 Å². The fourth-order valence-electron chi connectivity index (χ4n) is 5.49. The van der Waals surface area contributed by atoms with Gasteiger partial charge in [0.05, 0.1) is 23.4 Å². The van der Waals surface area contributed by atoms with Gasteiger partial charge in [0.25, 0.3) is 0 Å². The number of carbonyl (C=O) groups is 1. The molecule has 0 spiro atoms. The molecule has 0 unspecified atom stereocenters. The van der Waals surface area contributed by atoms with E-state index in [4.69, 9.17) is 0 Å². The fraction of sp³-hybridized carbons (Fsp3) is 0.476. The van der Waals surface area contributed by atoms with Gasteiger partial charge < -0.3 is 9.90 Å². The average molecular weight is 385 g/mol. The molecule has 0 aliphatic heterocycles. The highest BCUT2D eigenvalue weighted by Crippen LogP contribution is 2.58. The lowest BCUT2D eigenvalue weighted by Gasteiger charge is -2.54. The van der Waals surface area contributed by atoms with Crippen LogP contribution in [0.4, 0.5) is 0 Å². The molecule has 0 saturated heterocycles. The van der Waals surface area contributed by atoms with Crippen LogP contribution in [0, 0.1) is 22.0 Å². The number of hydrogen-bond acceptors (Lipinski definition) is 5. The van der Waals surface area contributed by atoms with Crippen molar-refractivity contribution in [2.75, 3.05) is 0 Å². The van der Waals surface area contributed by atoms with E-state index in [1.165, 1.54) is 11.3 Å². The van der Waals surface area contributed by atoms with Crippen LogP contribution in [-0.4, -0.2) is 28.0 Å². The van der Waals surface area contributed by atoms with Crippen molar-refractivity contribution in [2.24, 2.45) is 11.8 Å². The second kappa shape index (κ2) is 7.17. The van der Waals surface area contributed by atoms with Crippen LogP contribution in [0.25, 0.3) is 0 Å². The molecule has 27 heavy (non-hydrogen) atoms. The van der Waals surface area contributed by atoms with E-state index in [1.807, 2.05) is 47.8 Å². The van der Waals surface area contributed by atoms with Crippen LogP contribution in [0.3, 0.4) is 0 Å². The molecule has 0 amide bonds. The van der Waals surface area contributed by atoms with Gasteiger partial charge in [-0.25, -0.2) is 0 Å². The Morgan fingerprint density at radius 1 is 1.15 bits per heavy atom. The monoisotopic (exact) mass is 385 g/mol. The SMILES string of the molecule is O=C[C@@H]1[C@@H](c2cccs2)[C@H]([N+](=O)[O-])[C@@H](c2ccccc2)[C@@H]2CCCC[C@@]12O. The van der Waals surface area contributed by atoms with Gasteiger partial charge in [0, 0.05) is 15.7 Å². The van der Waals surface area contributed by atoms with Crippen LogP contribution in [0.2, 0.25) is 0 Å². The maximum atomic E-state index is 12.3. The van der Waals surface area contributed by atoms with Gasteiger partial charge in [-0.15, -0.1) is 11.3 Å². The largest absolute Gasteiger partial charge is 0.389 e. The van der Waals surface area contributed by atoms with Crippen molar-refractivity contribution in [1.29, 1.82) is 0 Å². The summed E-state index contributed by atoms with van der Waals surface area (Å²) in [4.78, 5) is 25.1. The third-order valence-corrected chi connectivity index (χ3v) is 7.54. The maximum absolute atomic E-state index is 12.3. The summed E-state index contributed by atoms with van der Waals surface area (Å²) in [6, 6.07) is 12.3. The minimum absolute atomic E-state index is 0.216. The summed E-state index contributed by atoms with van der Waals surface area (Å²) >= 11 is 1.43. The lowest BCUT2D eigenvalue weighted by Crippen LogP contribution is -2.61. The third kappa shape index (κ3) is 2.91. The van der Waals surface area contributed by atoms with E-state index in [-0.39, 0.29) is 10.8 Å².